The Bertz CT molecular complexity index is 1370. The highest BCUT2D eigenvalue weighted by molar-refractivity contribution is 14.1. The Hall–Kier alpha value is -3.35. The minimum absolute atomic E-state index is 0.00566. The van der Waals surface area contributed by atoms with Gasteiger partial charge in [0, 0.05) is 9.13 Å². The van der Waals surface area contributed by atoms with Crippen molar-refractivity contribution < 1.29 is 23.7 Å². The van der Waals surface area contributed by atoms with Crippen LogP contribution in [0.3, 0.4) is 0 Å². The Morgan fingerprint density at radius 1 is 1.29 bits per heavy atom. The van der Waals surface area contributed by atoms with Crippen LogP contribution >= 0.6 is 45.2 Å². The minimum Gasteiger partial charge on any atom is -0.506 e. The maximum Gasteiger partial charge on any atom is 0.293 e. The molecule has 4 aromatic rings. The van der Waals surface area contributed by atoms with E-state index >= 15 is 0 Å². The third-order valence-corrected chi connectivity index (χ3v) is 5.74. The molecular weight excluding hydrogens is 677 g/mol. The van der Waals surface area contributed by atoms with Gasteiger partial charge in [-0.25, -0.2) is 14.4 Å². The van der Waals surface area contributed by atoms with E-state index in [4.69, 9.17) is 10.5 Å². The molecule has 0 aliphatic carbocycles. The molecular formula is C19H13FI2N8O4. The van der Waals surface area contributed by atoms with E-state index in [2.05, 4.69) is 58.4 Å². The molecule has 2 aromatic heterocycles. The maximum absolute atomic E-state index is 13.2. The quantitative estimate of drug-likeness (QED) is 0.150. The van der Waals surface area contributed by atoms with Gasteiger partial charge < -0.3 is 15.6 Å². The molecule has 0 aliphatic rings. The monoisotopic (exact) mass is 690 g/mol. The van der Waals surface area contributed by atoms with E-state index in [1.54, 1.807) is 12.1 Å². The first kappa shape index (κ1) is 23.8. The number of hydrogen-bond donors (Lipinski definition) is 3. The summed E-state index contributed by atoms with van der Waals surface area (Å²) in [6.07, 6.45) is 1.30. The number of rotatable bonds is 7. The second-order valence-corrected chi connectivity index (χ2v) is 8.94. The van der Waals surface area contributed by atoms with Crippen molar-refractivity contribution in [2.45, 2.75) is 6.61 Å². The number of hydrogen-bond acceptors (Lipinski definition) is 10. The first-order valence-electron chi connectivity index (χ1n) is 9.26. The molecule has 15 heteroatoms. The fraction of sp³-hybridized carbons (Fsp3) is 0.0526. The lowest BCUT2D eigenvalue weighted by Crippen LogP contribution is -2.21. The number of anilines is 1. The Kier molecular flexibility index (Phi) is 7.20. The van der Waals surface area contributed by atoms with Crippen LogP contribution in [0.4, 0.5) is 10.2 Å². The van der Waals surface area contributed by atoms with Gasteiger partial charge in [0.25, 0.3) is 5.91 Å². The molecule has 2 heterocycles. The van der Waals surface area contributed by atoms with Crippen molar-refractivity contribution in [2.24, 2.45) is 5.10 Å². The van der Waals surface area contributed by atoms with Crippen molar-refractivity contribution >= 4 is 63.1 Å². The van der Waals surface area contributed by atoms with Crippen LogP contribution in [0.25, 0.3) is 5.82 Å². The van der Waals surface area contributed by atoms with Crippen molar-refractivity contribution in [3.8, 4) is 17.3 Å². The summed E-state index contributed by atoms with van der Waals surface area (Å²) in [6, 6.07) is 8.81. The number of aromatic nitrogens is 5. The average molecular weight is 690 g/mol. The molecule has 0 saturated heterocycles. The number of amides is 1. The van der Waals surface area contributed by atoms with E-state index in [0.29, 0.717) is 14.9 Å². The fourth-order valence-electron chi connectivity index (χ4n) is 2.70. The highest BCUT2D eigenvalue weighted by Gasteiger charge is 2.24. The molecule has 0 bridgehead atoms. The number of benzene rings is 2. The Morgan fingerprint density at radius 2 is 2.06 bits per heavy atom. The number of aromatic hydroxyl groups is 1. The highest BCUT2D eigenvalue weighted by Crippen LogP contribution is 2.25. The lowest BCUT2D eigenvalue weighted by atomic mass is 10.2. The van der Waals surface area contributed by atoms with Crippen molar-refractivity contribution in [1.29, 1.82) is 0 Å². The van der Waals surface area contributed by atoms with Crippen molar-refractivity contribution in [3.05, 3.63) is 66.3 Å². The largest absolute Gasteiger partial charge is 0.506 e. The molecule has 12 nitrogen and oxygen atoms in total. The number of ether oxygens (including phenoxy) is 1. The number of nitrogen functional groups attached to an aromatic ring is 1. The van der Waals surface area contributed by atoms with Crippen LogP contribution in [-0.2, 0) is 6.61 Å². The zero-order valence-electron chi connectivity index (χ0n) is 16.8. The van der Waals surface area contributed by atoms with Gasteiger partial charge in [0.15, 0.2) is 5.69 Å². The Labute approximate surface area is 217 Å². The molecule has 4 rings (SSSR count). The fourth-order valence-corrected chi connectivity index (χ4v) is 4.59. The van der Waals surface area contributed by atoms with Crippen molar-refractivity contribution in [1.82, 2.24) is 30.7 Å². The van der Waals surface area contributed by atoms with Gasteiger partial charge in [-0.2, -0.15) is 9.78 Å². The van der Waals surface area contributed by atoms with E-state index in [1.807, 2.05) is 22.6 Å². The summed E-state index contributed by atoms with van der Waals surface area (Å²) >= 11 is 4.09. The standard InChI is InChI=1S/C19H13FI2N8O4/c20-10-1-3-12(4-2-10)33-8-14-15(25-29-30(14)18-17(23)27-34-28-18)19(32)26-24-7-9-5-11(21)6-13(22)16(9)31/h1-7,31H,8H2,(H2,23,27)(H,26,32). The third kappa shape index (κ3) is 5.24. The van der Waals surface area contributed by atoms with Gasteiger partial charge in [-0.3, -0.25) is 4.79 Å². The second kappa shape index (κ2) is 10.3. The Balaban J connectivity index is 1.59. The van der Waals surface area contributed by atoms with E-state index in [9.17, 15) is 14.3 Å². The lowest BCUT2D eigenvalue weighted by Gasteiger charge is -2.08. The van der Waals surface area contributed by atoms with Gasteiger partial charge in [-0.15, -0.1) is 5.10 Å². The number of nitrogens with zero attached hydrogens (tertiary/aromatic N) is 6. The summed E-state index contributed by atoms with van der Waals surface area (Å²) in [5.41, 5.74) is 8.52. The maximum atomic E-state index is 13.2. The molecule has 0 radical (unpaired) electrons. The predicted molar refractivity (Wildman–Crippen MR) is 133 cm³/mol. The van der Waals surface area contributed by atoms with Crippen LogP contribution in [0.5, 0.6) is 11.5 Å². The molecule has 2 aromatic carbocycles. The molecule has 0 atom stereocenters. The van der Waals surface area contributed by atoms with Crippen LogP contribution in [0, 0.1) is 13.0 Å². The van der Waals surface area contributed by atoms with Gasteiger partial charge in [-0.1, -0.05) is 5.21 Å². The van der Waals surface area contributed by atoms with Crippen molar-refractivity contribution in [3.63, 3.8) is 0 Å². The molecule has 0 spiro atoms. The van der Waals surface area contributed by atoms with Crippen LogP contribution in [-0.4, -0.2) is 42.5 Å². The number of nitrogens with two attached hydrogens (primary N) is 1. The first-order chi connectivity index (χ1) is 16.3. The molecule has 174 valence electrons. The van der Waals surface area contributed by atoms with E-state index in [-0.39, 0.29) is 35.4 Å². The molecule has 4 N–H and O–H groups in total. The summed E-state index contributed by atoms with van der Waals surface area (Å²) in [7, 11) is 0. The number of hydrazone groups is 1. The number of carbonyl (C=O) groups excluding carboxylic acids is 1. The van der Waals surface area contributed by atoms with Gasteiger partial charge in [0.2, 0.25) is 11.6 Å². The zero-order valence-corrected chi connectivity index (χ0v) is 21.1. The number of phenolic OH excluding ortho intramolecular Hbond substituents is 1. The third-order valence-electron chi connectivity index (χ3n) is 4.29. The smallest absolute Gasteiger partial charge is 0.293 e. The van der Waals surface area contributed by atoms with Crippen LogP contribution in [0.2, 0.25) is 0 Å². The van der Waals surface area contributed by atoms with Gasteiger partial charge in [0.05, 0.1) is 9.78 Å². The van der Waals surface area contributed by atoms with E-state index in [1.165, 1.54) is 30.5 Å². The summed E-state index contributed by atoms with van der Waals surface area (Å²) in [6.45, 7) is -0.201. The number of nitrogens with one attached hydrogen (secondary N) is 1. The molecule has 0 saturated carbocycles. The van der Waals surface area contributed by atoms with E-state index in [0.717, 1.165) is 8.25 Å². The normalized spacial score (nSPS) is 11.1. The second-order valence-electron chi connectivity index (χ2n) is 6.54. The molecule has 1 amide bonds. The minimum atomic E-state index is -0.713. The number of halogens is 3. The molecule has 0 fully saturated rings. The summed E-state index contributed by atoms with van der Waals surface area (Å²) in [5, 5.41) is 29.0. The summed E-state index contributed by atoms with van der Waals surface area (Å²) < 4.78 is 26.1. The van der Waals surface area contributed by atoms with E-state index < -0.39 is 11.7 Å². The van der Waals surface area contributed by atoms with Crippen LogP contribution < -0.4 is 15.9 Å². The van der Waals surface area contributed by atoms with Crippen LogP contribution in [0.1, 0.15) is 21.7 Å². The predicted octanol–water partition coefficient (Wildman–Crippen LogP) is 2.63. The molecule has 0 unspecified atom stereocenters. The highest BCUT2D eigenvalue weighted by atomic mass is 127. The number of carbonyl (C=O) groups is 1. The topological polar surface area (TPSA) is 167 Å². The van der Waals surface area contributed by atoms with Crippen molar-refractivity contribution in [2.75, 3.05) is 5.73 Å². The van der Waals surface area contributed by atoms with Gasteiger partial charge in [-0.05, 0) is 91.9 Å². The number of phenols is 1. The summed E-state index contributed by atoms with van der Waals surface area (Å²) in [4.78, 5) is 12.8. The average Bonchev–Trinajstić information content (AvgIpc) is 3.42. The van der Waals surface area contributed by atoms with Gasteiger partial charge >= 0.3 is 0 Å². The van der Waals surface area contributed by atoms with Crippen LogP contribution in [0.15, 0.2) is 46.1 Å². The van der Waals surface area contributed by atoms with Gasteiger partial charge in [0.1, 0.15) is 29.6 Å². The zero-order chi connectivity index (χ0) is 24.2. The molecule has 0 aliphatic heterocycles. The summed E-state index contributed by atoms with van der Waals surface area (Å²) in [5.74, 6) is -0.837. The molecule has 34 heavy (non-hydrogen) atoms. The Morgan fingerprint density at radius 3 is 2.76 bits per heavy atom. The SMILES string of the molecule is Nc1nonc1-n1nnc(C(=O)NN=Cc2cc(I)cc(I)c2O)c1COc1ccc(F)cc1. The lowest BCUT2D eigenvalue weighted by molar-refractivity contribution is 0.0947. The first-order valence-corrected chi connectivity index (χ1v) is 11.4.